The molecule has 5 heteroatoms. The first-order chi connectivity index (χ1) is 6.33. The van der Waals surface area contributed by atoms with Crippen LogP contribution in [0.2, 0.25) is 0 Å². The van der Waals surface area contributed by atoms with Crippen molar-refractivity contribution in [2.45, 2.75) is 18.8 Å². The van der Waals surface area contributed by atoms with Gasteiger partial charge in [-0.15, -0.1) is 0 Å². The van der Waals surface area contributed by atoms with Crippen molar-refractivity contribution in [1.29, 1.82) is 0 Å². The van der Waals surface area contributed by atoms with Gasteiger partial charge >= 0.3 is 5.69 Å². The monoisotopic (exact) mass is 176 g/mol. The van der Waals surface area contributed by atoms with Crippen LogP contribution in [0.4, 0.5) is 0 Å². The lowest BCUT2D eigenvalue weighted by atomic mass is 10.3. The summed E-state index contributed by atoms with van der Waals surface area (Å²) < 4.78 is 1.61. The van der Waals surface area contributed by atoms with E-state index < -0.39 is 0 Å². The summed E-state index contributed by atoms with van der Waals surface area (Å²) in [5, 5.41) is 4.30. The minimum Gasteiger partial charge on any atom is -0.290 e. The van der Waals surface area contributed by atoms with Gasteiger partial charge in [0.05, 0.1) is 5.69 Å². The summed E-state index contributed by atoms with van der Waals surface area (Å²) >= 11 is 0. The van der Waals surface area contributed by atoms with Gasteiger partial charge in [0, 0.05) is 12.0 Å². The number of rotatable bonds is 1. The molecule has 3 rings (SSSR count). The summed E-state index contributed by atoms with van der Waals surface area (Å²) in [6, 6.07) is 1.92. The molecule has 0 amide bonds. The molecule has 0 unspecified atom stereocenters. The van der Waals surface area contributed by atoms with Crippen molar-refractivity contribution in [1.82, 2.24) is 19.6 Å². The summed E-state index contributed by atoms with van der Waals surface area (Å²) in [5.74, 6) is 0.600. The third-order valence-electron chi connectivity index (χ3n) is 2.27. The molecule has 1 saturated carbocycles. The fourth-order valence-corrected chi connectivity index (χ4v) is 1.42. The maximum atomic E-state index is 10.9. The molecule has 2 heterocycles. The summed E-state index contributed by atoms with van der Waals surface area (Å²) in [6.45, 7) is 0. The van der Waals surface area contributed by atoms with Gasteiger partial charge in [0.2, 0.25) is 0 Å². The topological polar surface area (TPSA) is 63.1 Å². The first-order valence-electron chi connectivity index (χ1n) is 4.27. The molecule has 2 aromatic heterocycles. The number of aromatic nitrogens is 4. The lowest BCUT2D eigenvalue weighted by molar-refractivity contribution is 0.839. The van der Waals surface area contributed by atoms with Crippen LogP contribution < -0.4 is 5.69 Å². The third-order valence-corrected chi connectivity index (χ3v) is 2.27. The molecule has 0 aliphatic heterocycles. The zero-order valence-corrected chi connectivity index (χ0v) is 6.90. The van der Waals surface area contributed by atoms with Gasteiger partial charge in [0.15, 0.2) is 0 Å². The Bertz CT molecular complexity index is 508. The molecule has 1 N–H and O–H groups in total. The molecule has 0 saturated heterocycles. The highest BCUT2D eigenvalue weighted by atomic mass is 16.1. The largest absolute Gasteiger partial charge is 0.348 e. The van der Waals surface area contributed by atoms with Crippen molar-refractivity contribution in [3.8, 4) is 0 Å². The highest BCUT2D eigenvalue weighted by molar-refractivity contribution is 5.39. The van der Waals surface area contributed by atoms with E-state index in [1.165, 1.54) is 19.2 Å². The van der Waals surface area contributed by atoms with Gasteiger partial charge < -0.3 is 0 Å². The second kappa shape index (κ2) is 2.18. The van der Waals surface area contributed by atoms with E-state index >= 15 is 0 Å². The van der Waals surface area contributed by atoms with Crippen LogP contribution in [0.3, 0.4) is 0 Å². The number of nitrogens with zero attached hydrogens (tertiary/aromatic N) is 3. The fourth-order valence-electron chi connectivity index (χ4n) is 1.42. The van der Waals surface area contributed by atoms with E-state index in [1.807, 2.05) is 6.07 Å². The molecule has 1 aliphatic rings. The van der Waals surface area contributed by atoms with E-state index in [1.54, 1.807) is 4.52 Å². The lowest BCUT2D eigenvalue weighted by Gasteiger charge is -1.87. The molecule has 5 nitrogen and oxygen atoms in total. The predicted octanol–water partition coefficient (Wildman–Crippen LogP) is 0.295. The second-order valence-electron chi connectivity index (χ2n) is 3.35. The molecule has 0 bridgehead atoms. The first kappa shape index (κ1) is 6.82. The molecule has 1 fully saturated rings. The van der Waals surface area contributed by atoms with E-state index in [2.05, 4.69) is 15.1 Å². The lowest BCUT2D eigenvalue weighted by Crippen LogP contribution is -2.11. The van der Waals surface area contributed by atoms with Gasteiger partial charge in [-0.2, -0.15) is 10.1 Å². The molecule has 0 radical (unpaired) electrons. The maximum Gasteiger partial charge on any atom is 0.348 e. The average molecular weight is 176 g/mol. The van der Waals surface area contributed by atoms with Gasteiger partial charge in [0.25, 0.3) is 0 Å². The molecule has 2 aromatic rings. The Kier molecular flexibility index (Phi) is 1.15. The second-order valence-corrected chi connectivity index (χ2v) is 3.35. The summed E-state index contributed by atoms with van der Waals surface area (Å²) in [6.07, 6.45) is 3.86. The standard InChI is InChI=1S/C8H8N4O/c13-8-9-4-12-7(10-8)3-6(11-12)5-1-2-5/h3-5H,1-2H2,(H,10,13). The first-order valence-corrected chi connectivity index (χ1v) is 4.27. The SMILES string of the molecule is O=c1ncn2nc(C3CC3)cc2[nH]1. The predicted molar refractivity (Wildman–Crippen MR) is 45.6 cm³/mol. The van der Waals surface area contributed by atoms with Crippen LogP contribution in [-0.4, -0.2) is 19.6 Å². The summed E-state index contributed by atoms with van der Waals surface area (Å²) in [7, 11) is 0. The van der Waals surface area contributed by atoms with Crippen LogP contribution in [0.1, 0.15) is 24.5 Å². The fraction of sp³-hybridized carbons (Fsp3) is 0.375. The zero-order valence-electron chi connectivity index (χ0n) is 6.90. The summed E-state index contributed by atoms with van der Waals surface area (Å²) in [4.78, 5) is 17.1. The summed E-state index contributed by atoms with van der Waals surface area (Å²) in [5.41, 5.74) is 1.46. The molecular formula is C8H8N4O. The number of fused-ring (bicyclic) bond motifs is 1. The van der Waals surface area contributed by atoms with Crippen molar-refractivity contribution in [3.63, 3.8) is 0 Å². The van der Waals surface area contributed by atoms with Gasteiger partial charge in [0.1, 0.15) is 12.0 Å². The number of aromatic amines is 1. The minimum absolute atomic E-state index is 0.324. The Balaban J connectivity index is 2.26. The molecule has 1 aliphatic carbocycles. The molecule has 13 heavy (non-hydrogen) atoms. The van der Waals surface area contributed by atoms with E-state index in [0.29, 0.717) is 5.92 Å². The number of hydrogen-bond donors (Lipinski definition) is 1. The van der Waals surface area contributed by atoms with Crippen molar-refractivity contribution in [2.24, 2.45) is 0 Å². The van der Waals surface area contributed by atoms with Crippen molar-refractivity contribution in [3.05, 3.63) is 28.6 Å². The van der Waals surface area contributed by atoms with E-state index in [4.69, 9.17) is 0 Å². The highest BCUT2D eigenvalue weighted by Crippen LogP contribution is 2.39. The highest BCUT2D eigenvalue weighted by Gasteiger charge is 2.26. The molecule has 0 aromatic carbocycles. The molecule has 66 valence electrons. The van der Waals surface area contributed by atoms with E-state index in [9.17, 15) is 4.79 Å². The molecular weight excluding hydrogens is 168 g/mol. The van der Waals surface area contributed by atoms with Crippen molar-refractivity contribution in [2.75, 3.05) is 0 Å². The van der Waals surface area contributed by atoms with Crippen LogP contribution in [-0.2, 0) is 0 Å². The Labute approximate surface area is 73.4 Å². The smallest absolute Gasteiger partial charge is 0.290 e. The minimum atomic E-state index is -0.324. The van der Waals surface area contributed by atoms with Crippen LogP contribution in [0, 0.1) is 0 Å². The Hall–Kier alpha value is -1.65. The number of hydrogen-bond acceptors (Lipinski definition) is 3. The average Bonchev–Trinajstić information content (AvgIpc) is 2.87. The molecule has 0 atom stereocenters. The van der Waals surface area contributed by atoms with E-state index in [-0.39, 0.29) is 5.69 Å². The van der Waals surface area contributed by atoms with Crippen LogP contribution >= 0.6 is 0 Å². The zero-order chi connectivity index (χ0) is 8.84. The number of H-pyrrole nitrogens is 1. The Morgan fingerprint density at radius 3 is 3.15 bits per heavy atom. The van der Waals surface area contributed by atoms with Gasteiger partial charge in [-0.3, -0.25) is 4.98 Å². The molecule has 0 spiro atoms. The van der Waals surface area contributed by atoms with Gasteiger partial charge in [-0.05, 0) is 12.8 Å². The van der Waals surface area contributed by atoms with Gasteiger partial charge in [-0.1, -0.05) is 0 Å². The normalized spacial score (nSPS) is 16.6. The van der Waals surface area contributed by atoms with Crippen molar-refractivity contribution >= 4 is 5.65 Å². The number of nitrogens with one attached hydrogen (secondary N) is 1. The van der Waals surface area contributed by atoms with E-state index in [0.717, 1.165) is 11.3 Å². The van der Waals surface area contributed by atoms with Crippen LogP contribution in [0.15, 0.2) is 17.2 Å². The Morgan fingerprint density at radius 1 is 1.54 bits per heavy atom. The van der Waals surface area contributed by atoms with Crippen molar-refractivity contribution < 1.29 is 0 Å². The third kappa shape index (κ3) is 1.04. The quantitative estimate of drug-likeness (QED) is 0.679. The van der Waals surface area contributed by atoms with Crippen LogP contribution in [0.25, 0.3) is 5.65 Å². The Morgan fingerprint density at radius 2 is 2.38 bits per heavy atom. The van der Waals surface area contributed by atoms with Crippen LogP contribution in [0.5, 0.6) is 0 Å². The maximum absolute atomic E-state index is 10.9. The van der Waals surface area contributed by atoms with Gasteiger partial charge in [-0.25, -0.2) is 9.31 Å².